The number of carbonyl (C=O) groups excluding carboxylic acids is 1. The van der Waals surface area contributed by atoms with E-state index in [1.54, 1.807) is 38.2 Å². The Morgan fingerprint density at radius 3 is 2.37 bits per heavy atom. The van der Waals surface area contributed by atoms with Crippen LogP contribution in [0.2, 0.25) is 0 Å². The molecule has 0 fully saturated rings. The summed E-state index contributed by atoms with van der Waals surface area (Å²) >= 11 is 0. The number of methoxy groups -OCH3 is 2. The molecule has 0 N–H and O–H groups in total. The number of amides is 1. The Labute approximate surface area is 113 Å². The topological polar surface area (TPSA) is 51.1 Å². The van der Waals surface area contributed by atoms with Gasteiger partial charge in [0, 0.05) is 14.1 Å². The lowest BCUT2D eigenvalue weighted by Gasteiger charge is -2.11. The second kappa shape index (κ2) is 6.78. The molecule has 0 aromatic heterocycles. The van der Waals surface area contributed by atoms with Crippen LogP contribution in [-0.4, -0.2) is 45.0 Å². The maximum absolute atomic E-state index is 11.8. The van der Waals surface area contributed by atoms with E-state index >= 15 is 0 Å². The van der Waals surface area contributed by atoms with Crippen LogP contribution >= 0.6 is 0 Å². The van der Waals surface area contributed by atoms with Gasteiger partial charge in [0.05, 0.1) is 20.6 Å². The van der Waals surface area contributed by atoms with Crippen LogP contribution in [0.3, 0.4) is 0 Å². The van der Waals surface area contributed by atoms with Gasteiger partial charge in [-0.25, -0.2) is 4.99 Å². The molecule has 0 atom stereocenters. The van der Waals surface area contributed by atoms with Gasteiger partial charge < -0.3 is 14.4 Å². The van der Waals surface area contributed by atoms with Gasteiger partial charge >= 0.3 is 0 Å². The zero-order valence-corrected chi connectivity index (χ0v) is 12.1. The fraction of sp³-hybridized carbons (Fsp3) is 0.429. The second-order valence-corrected chi connectivity index (χ2v) is 4.31. The Hall–Kier alpha value is -2.04. The highest BCUT2D eigenvalue weighted by molar-refractivity contribution is 5.93. The van der Waals surface area contributed by atoms with Crippen molar-refractivity contribution in [3.05, 3.63) is 23.8 Å². The average molecular weight is 264 g/mol. The molecule has 0 unspecified atom stereocenters. The van der Waals surface area contributed by atoms with Gasteiger partial charge in [0.2, 0.25) is 0 Å². The molecule has 19 heavy (non-hydrogen) atoms. The molecule has 0 aliphatic heterocycles. The number of nitrogens with zero attached hydrogens (tertiary/aromatic N) is 2. The Balaban J connectivity index is 2.83. The third-order valence-electron chi connectivity index (χ3n) is 2.74. The highest BCUT2D eigenvalue weighted by Gasteiger charge is 2.08. The van der Waals surface area contributed by atoms with E-state index in [4.69, 9.17) is 9.47 Å². The first-order valence-electron chi connectivity index (χ1n) is 5.94. The molecule has 5 heteroatoms. The summed E-state index contributed by atoms with van der Waals surface area (Å²) in [5, 5.41) is 0. The molecule has 0 aliphatic rings. The van der Waals surface area contributed by atoms with E-state index in [1.165, 1.54) is 0 Å². The summed E-state index contributed by atoms with van der Waals surface area (Å²) < 4.78 is 10.3. The van der Waals surface area contributed by atoms with Crippen LogP contribution in [0.5, 0.6) is 11.5 Å². The number of hydrogen-bond acceptors (Lipinski definition) is 3. The van der Waals surface area contributed by atoms with E-state index in [0.717, 1.165) is 5.56 Å². The van der Waals surface area contributed by atoms with Gasteiger partial charge in [0.15, 0.2) is 11.5 Å². The van der Waals surface area contributed by atoms with Crippen LogP contribution in [-0.2, 0) is 11.2 Å². The summed E-state index contributed by atoms with van der Waals surface area (Å²) in [6.07, 6.45) is 0.242. The third kappa shape index (κ3) is 4.28. The third-order valence-corrected chi connectivity index (χ3v) is 2.74. The van der Waals surface area contributed by atoms with Crippen LogP contribution < -0.4 is 9.47 Å². The standard InChI is InChI=1S/C14H20N2O3/c1-10(16(2)3)15-14(17)9-11-6-7-12(18-4)13(8-11)19-5/h6-8H,9H2,1-5H3/b15-10-. The zero-order valence-electron chi connectivity index (χ0n) is 12.1. The van der Waals surface area contributed by atoms with Gasteiger partial charge in [0.1, 0.15) is 5.84 Å². The number of aliphatic imine (C=N–C) groups is 1. The first-order chi connectivity index (χ1) is 8.97. The largest absolute Gasteiger partial charge is 0.493 e. The smallest absolute Gasteiger partial charge is 0.251 e. The van der Waals surface area contributed by atoms with Crippen LogP contribution in [0.1, 0.15) is 12.5 Å². The summed E-state index contributed by atoms with van der Waals surface area (Å²) in [7, 11) is 6.84. The fourth-order valence-corrected chi connectivity index (χ4v) is 1.49. The molecule has 1 rings (SSSR count). The number of ether oxygens (including phenoxy) is 2. The van der Waals surface area contributed by atoms with E-state index in [0.29, 0.717) is 17.3 Å². The fourth-order valence-electron chi connectivity index (χ4n) is 1.49. The highest BCUT2D eigenvalue weighted by Crippen LogP contribution is 2.27. The molecule has 0 spiro atoms. The van der Waals surface area contributed by atoms with Crippen LogP contribution in [0.25, 0.3) is 0 Å². The van der Waals surface area contributed by atoms with E-state index in [2.05, 4.69) is 4.99 Å². The Bertz CT molecular complexity index is 482. The SMILES string of the molecule is COc1ccc(CC(=O)/N=C(/C)N(C)C)cc1OC. The van der Waals surface area contributed by atoms with Crippen molar-refractivity contribution in [1.82, 2.24) is 4.90 Å². The molecule has 1 amide bonds. The highest BCUT2D eigenvalue weighted by atomic mass is 16.5. The van der Waals surface area contributed by atoms with Gasteiger partial charge in [-0.05, 0) is 24.6 Å². The minimum atomic E-state index is -0.182. The van der Waals surface area contributed by atoms with Gasteiger partial charge in [-0.3, -0.25) is 4.79 Å². The predicted molar refractivity (Wildman–Crippen MR) is 75.1 cm³/mol. The van der Waals surface area contributed by atoms with Crippen molar-refractivity contribution >= 4 is 11.7 Å². The lowest BCUT2D eigenvalue weighted by atomic mass is 10.1. The summed E-state index contributed by atoms with van der Waals surface area (Å²) in [6.45, 7) is 1.80. The van der Waals surface area contributed by atoms with E-state index < -0.39 is 0 Å². The van der Waals surface area contributed by atoms with Crippen LogP contribution in [0.4, 0.5) is 0 Å². The van der Waals surface area contributed by atoms with Gasteiger partial charge in [-0.2, -0.15) is 0 Å². The van der Waals surface area contributed by atoms with Crippen molar-refractivity contribution in [2.75, 3.05) is 28.3 Å². The second-order valence-electron chi connectivity index (χ2n) is 4.31. The van der Waals surface area contributed by atoms with E-state index in [1.807, 2.05) is 20.2 Å². The maximum atomic E-state index is 11.8. The zero-order chi connectivity index (χ0) is 14.4. The summed E-state index contributed by atoms with van der Waals surface area (Å²) in [4.78, 5) is 17.6. The Morgan fingerprint density at radius 2 is 1.84 bits per heavy atom. The molecule has 0 aliphatic carbocycles. The Morgan fingerprint density at radius 1 is 1.21 bits per heavy atom. The molecular formula is C14H20N2O3. The predicted octanol–water partition coefficient (Wildman–Crippen LogP) is 1.75. The molecule has 0 saturated heterocycles. The monoisotopic (exact) mass is 264 g/mol. The molecular weight excluding hydrogens is 244 g/mol. The number of rotatable bonds is 4. The molecule has 104 valence electrons. The molecule has 0 heterocycles. The first kappa shape index (κ1) is 15.0. The minimum Gasteiger partial charge on any atom is -0.493 e. The number of amidine groups is 1. The molecule has 0 bridgehead atoms. The van der Waals surface area contributed by atoms with Crippen molar-refractivity contribution in [3.8, 4) is 11.5 Å². The molecule has 5 nitrogen and oxygen atoms in total. The van der Waals surface area contributed by atoms with Crippen molar-refractivity contribution in [1.29, 1.82) is 0 Å². The number of carbonyl (C=O) groups is 1. The van der Waals surface area contributed by atoms with E-state index in [-0.39, 0.29) is 12.3 Å². The van der Waals surface area contributed by atoms with E-state index in [9.17, 15) is 4.79 Å². The lowest BCUT2D eigenvalue weighted by Crippen LogP contribution is -2.20. The number of benzene rings is 1. The van der Waals surface area contributed by atoms with Crippen molar-refractivity contribution < 1.29 is 14.3 Å². The average Bonchev–Trinajstić information content (AvgIpc) is 2.38. The Kier molecular flexibility index (Phi) is 5.36. The summed E-state index contributed by atoms with van der Waals surface area (Å²) in [5.41, 5.74) is 0.845. The molecule has 0 radical (unpaired) electrons. The normalized spacial score (nSPS) is 11.1. The maximum Gasteiger partial charge on any atom is 0.251 e. The van der Waals surface area contributed by atoms with Crippen LogP contribution in [0, 0.1) is 0 Å². The van der Waals surface area contributed by atoms with Gasteiger partial charge in [-0.15, -0.1) is 0 Å². The lowest BCUT2D eigenvalue weighted by molar-refractivity contribution is -0.117. The quantitative estimate of drug-likeness (QED) is 0.614. The van der Waals surface area contributed by atoms with Crippen molar-refractivity contribution in [2.45, 2.75) is 13.3 Å². The molecule has 1 aromatic rings. The number of hydrogen-bond donors (Lipinski definition) is 0. The van der Waals surface area contributed by atoms with Crippen molar-refractivity contribution in [3.63, 3.8) is 0 Å². The van der Waals surface area contributed by atoms with Gasteiger partial charge in [0.25, 0.3) is 5.91 Å². The molecule has 0 saturated carbocycles. The minimum absolute atomic E-state index is 0.182. The summed E-state index contributed by atoms with van der Waals surface area (Å²) in [5.74, 6) is 1.76. The summed E-state index contributed by atoms with van der Waals surface area (Å²) in [6, 6.07) is 5.40. The molecule has 1 aromatic carbocycles. The first-order valence-corrected chi connectivity index (χ1v) is 5.94. The van der Waals surface area contributed by atoms with Crippen LogP contribution in [0.15, 0.2) is 23.2 Å². The van der Waals surface area contributed by atoms with Gasteiger partial charge in [-0.1, -0.05) is 6.07 Å². The van der Waals surface area contributed by atoms with Crippen molar-refractivity contribution in [2.24, 2.45) is 4.99 Å².